The van der Waals surface area contributed by atoms with Crippen LogP contribution in [0.1, 0.15) is 23.5 Å². The van der Waals surface area contributed by atoms with Gasteiger partial charge in [-0.05, 0) is 30.0 Å². The van der Waals surface area contributed by atoms with Crippen molar-refractivity contribution in [1.29, 1.82) is 0 Å². The van der Waals surface area contributed by atoms with Gasteiger partial charge in [-0.2, -0.15) is 5.10 Å². The van der Waals surface area contributed by atoms with Crippen molar-refractivity contribution in [2.45, 2.75) is 18.9 Å². The molecule has 1 aliphatic rings. The highest BCUT2D eigenvalue weighted by Gasteiger charge is 2.45. The van der Waals surface area contributed by atoms with Gasteiger partial charge in [0.1, 0.15) is 18.4 Å². The predicted octanol–water partition coefficient (Wildman–Crippen LogP) is 2.09. The van der Waals surface area contributed by atoms with Crippen LogP contribution in [0.4, 0.5) is 0 Å². The Kier molecular flexibility index (Phi) is 4.35. The van der Waals surface area contributed by atoms with Crippen LogP contribution >= 0.6 is 0 Å². The quantitative estimate of drug-likeness (QED) is 0.737. The third-order valence-corrected chi connectivity index (χ3v) is 4.62. The summed E-state index contributed by atoms with van der Waals surface area (Å²) in [6, 6.07) is 11.6. The van der Waals surface area contributed by atoms with E-state index in [1.807, 2.05) is 36.4 Å². The number of nitrogens with zero attached hydrogens (tertiary/aromatic N) is 4. The first-order valence-corrected chi connectivity index (χ1v) is 8.47. The molecule has 26 heavy (non-hydrogen) atoms. The predicted molar refractivity (Wildman–Crippen MR) is 94.8 cm³/mol. The van der Waals surface area contributed by atoms with Gasteiger partial charge in [-0.15, -0.1) is 0 Å². The molecule has 0 spiro atoms. The van der Waals surface area contributed by atoms with Gasteiger partial charge >= 0.3 is 0 Å². The van der Waals surface area contributed by atoms with Crippen molar-refractivity contribution in [1.82, 2.24) is 25.1 Å². The largest absolute Gasteiger partial charge is 0.496 e. The van der Waals surface area contributed by atoms with Gasteiger partial charge in [-0.1, -0.05) is 24.3 Å². The molecule has 0 unspecified atom stereocenters. The average molecular weight is 349 g/mol. The van der Waals surface area contributed by atoms with Crippen LogP contribution in [-0.4, -0.2) is 32.8 Å². The molecular weight excluding hydrogens is 330 g/mol. The molecule has 0 aliphatic heterocycles. The van der Waals surface area contributed by atoms with E-state index < -0.39 is 0 Å². The Labute approximate surface area is 151 Å². The number of ether oxygens (including phenoxy) is 1. The smallest absolute Gasteiger partial charge is 0.224 e. The first-order chi connectivity index (χ1) is 12.8. The van der Waals surface area contributed by atoms with E-state index in [4.69, 9.17) is 4.74 Å². The molecule has 1 aromatic carbocycles. The third kappa shape index (κ3) is 3.15. The summed E-state index contributed by atoms with van der Waals surface area (Å²) in [5.41, 5.74) is 1.99. The number of methoxy groups -OCH3 is 1. The van der Waals surface area contributed by atoms with Gasteiger partial charge in [0.25, 0.3) is 0 Å². The lowest BCUT2D eigenvalue weighted by Gasteiger charge is -2.10. The number of amides is 1. The number of hydrogen-bond donors (Lipinski definition) is 1. The molecule has 132 valence electrons. The molecule has 1 saturated carbocycles. The van der Waals surface area contributed by atoms with E-state index in [9.17, 15) is 4.79 Å². The van der Waals surface area contributed by atoms with Crippen molar-refractivity contribution in [3.05, 3.63) is 66.4 Å². The third-order valence-electron chi connectivity index (χ3n) is 4.62. The van der Waals surface area contributed by atoms with Gasteiger partial charge in [0.05, 0.1) is 7.11 Å². The maximum absolute atomic E-state index is 12.6. The summed E-state index contributed by atoms with van der Waals surface area (Å²) in [5.74, 6) is 1.76. The van der Waals surface area contributed by atoms with Gasteiger partial charge in [0.2, 0.25) is 5.91 Å². The van der Waals surface area contributed by atoms with E-state index in [1.54, 1.807) is 24.3 Å². The number of para-hydroxylation sites is 1. The minimum Gasteiger partial charge on any atom is -0.496 e. The molecule has 0 bridgehead atoms. The summed E-state index contributed by atoms with van der Waals surface area (Å²) in [6.45, 7) is 0.400. The van der Waals surface area contributed by atoms with Crippen LogP contribution in [0.2, 0.25) is 0 Å². The highest BCUT2D eigenvalue weighted by Crippen LogP contribution is 2.50. The van der Waals surface area contributed by atoms with Crippen LogP contribution in [0.3, 0.4) is 0 Å². The van der Waals surface area contributed by atoms with Crippen molar-refractivity contribution in [2.75, 3.05) is 7.11 Å². The molecule has 0 radical (unpaired) electrons. The Balaban J connectivity index is 1.42. The molecule has 1 N–H and O–H groups in total. The van der Waals surface area contributed by atoms with E-state index in [0.717, 1.165) is 23.3 Å². The lowest BCUT2D eigenvalue weighted by Crippen LogP contribution is -2.25. The normalized spacial score (nSPS) is 18.3. The minimum atomic E-state index is -0.0159. The number of benzene rings is 1. The monoisotopic (exact) mass is 349 g/mol. The zero-order valence-electron chi connectivity index (χ0n) is 14.4. The lowest BCUT2D eigenvalue weighted by atomic mass is 10.1. The summed E-state index contributed by atoms with van der Waals surface area (Å²) < 4.78 is 7.00. The van der Waals surface area contributed by atoms with Crippen LogP contribution in [0, 0.1) is 5.92 Å². The van der Waals surface area contributed by atoms with Crippen molar-refractivity contribution in [3.8, 4) is 11.6 Å². The topological polar surface area (TPSA) is 81.9 Å². The van der Waals surface area contributed by atoms with Crippen molar-refractivity contribution < 1.29 is 9.53 Å². The molecule has 7 heteroatoms. The Bertz CT molecular complexity index is 910. The number of carbonyl (C=O) groups is 1. The number of hydrogen-bond acceptors (Lipinski definition) is 5. The van der Waals surface area contributed by atoms with Crippen molar-refractivity contribution in [2.24, 2.45) is 5.92 Å². The zero-order chi connectivity index (χ0) is 17.9. The Hall–Kier alpha value is -3.22. The van der Waals surface area contributed by atoms with Crippen LogP contribution in [0.25, 0.3) is 5.82 Å². The second kappa shape index (κ2) is 6.95. The van der Waals surface area contributed by atoms with Gasteiger partial charge in [-0.25, -0.2) is 14.6 Å². The molecule has 2 atom stereocenters. The van der Waals surface area contributed by atoms with Gasteiger partial charge < -0.3 is 10.1 Å². The SMILES string of the molecule is COc1ccccc1[C@@H]1C[C@@H]1C(=O)NCc1cccnc1-n1cncn1. The summed E-state index contributed by atoms with van der Waals surface area (Å²) in [6.07, 6.45) is 5.58. The maximum atomic E-state index is 12.6. The number of carbonyl (C=O) groups excluding carboxylic acids is 1. The molecule has 0 saturated heterocycles. The van der Waals surface area contributed by atoms with E-state index in [-0.39, 0.29) is 17.7 Å². The van der Waals surface area contributed by atoms with Crippen molar-refractivity contribution >= 4 is 5.91 Å². The lowest BCUT2D eigenvalue weighted by molar-refractivity contribution is -0.122. The second-order valence-corrected chi connectivity index (χ2v) is 6.23. The Morgan fingerprint density at radius 1 is 1.31 bits per heavy atom. The van der Waals surface area contributed by atoms with Crippen LogP contribution in [0.5, 0.6) is 5.75 Å². The summed E-state index contributed by atoms with van der Waals surface area (Å²) in [4.78, 5) is 20.8. The zero-order valence-corrected chi connectivity index (χ0v) is 14.4. The van der Waals surface area contributed by atoms with Crippen LogP contribution in [0.15, 0.2) is 55.2 Å². The van der Waals surface area contributed by atoms with Crippen molar-refractivity contribution in [3.63, 3.8) is 0 Å². The van der Waals surface area contributed by atoms with Gasteiger partial charge in [0.15, 0.2) is 5.82 Å². The molecule has 3 aromatic rings. The standard InChI is InChI=1S/C19H19N5O2/c1-26-17-7-3-2-6-14(17)15-9-16(15)19(25)22-10-13-5-4-8-21-18(13)24-12-20-11-23-24/h2-8,11-12,15-16H,9-10H2,1H3,(H,22,25)/t15-,16-/m0/s1. The maximum Gasteiger partial charge on any atom is 0.224 e. The Morgan fingerprint density at radius 3 is 3.00 bits per heavy atom. The fourth-order valence-corrected chi connectivity index (χ4v) is 3.21. The summed E-state index contributed by atoms with van der Waals surface area (Å²) in [5, 5.41) is 7.13. The van der Waals surface area contributed by atoms with E-state index >= 15 is 0 Å². The highest BCUT2D eigenvalue weighted by atomic mass is 16.5. The molecular formula is C19H19N5O2. The molecule has 7 nitrogen and oxygen atoms in total. The van der Waals surface area contributed by atoms with E-state index in [0.29, 0.717) is 12.4 Å². The molecule has 2 aromatic heterocycles. The first kappa shape index (κ1) is 16.3. The first-order valence-electron chi connectivity index (χ1n) is 8.47. The highest BCUT2D eigenvalue weighted by molar-refractivity contribution is 5.83. The summed E-state index contributed by atoms with van der Waals surface area (Å²) >= 11 is 0. The van der Waals surface area contributed by atoms with Crippen LogP contribution in [-0.2, 0) is 11.3 Å². The fourth-order valence-electron chi connectivity index (χ4n) is 3.21. The van der Waals surface area contributed by atoms with Gasteiger partial charge in [-0.3, -0.25) is 4.79 Å². The number of aromatic nitrogens is 4. The molecule has 2 heterocycles. The molecule has 1 fully saturated rings. The minimum absolute atomic E-state index is 0.0159. The number of rotatable bonds is 6. The summed E-state index contributed by atoms with van der Waals surface area (Å²) in [7, 11) is 1.66. The van der Waals surface area contributed by atoms with Gasteiger partial charge in [0, 0.05) is 24.2 Å². The van der Waals surface area contributed by atoms with Crippen LogP contribution < -0.4 is 10.1 Å². The Morgan fingerprint density at radius 2 is 2.19 bits per heavy atom. The molecule has 1 aliphatic carbocycles. The second-order valence-electron chi connectivity index (χ2n) is 6.23. The number of nitrogens with one attached hydrogen (secondary N) is 1. The molecule has 4 rings (SSSR count). The van der Waals surface area contributed by atoms with E-state index in [2.05, 4.69) is 20.4 Å². The average Bonchev–Trinajstić information content (AvgIpc) is 3.30. The fraction of sp³-hybridized carbons (Fsp3) is 0.263. The number of pyridine rings is 1. The van der Waals surface area contributed by atoms with E-state index in [1.165, 1.54) is 6.33 Å². The molecule has 1 amide bonds.